The van der Waals surface area contributed by atoms with Crippen molar-refractivity contribution in [2.24, 2.45) is 0 Å². The first kappa shape index (κ1) is 21.0. The van der Waals surface area contributed by atoms with Gasteiger partial charge in [0.05, 0.1) is 16.7 Å². The second-order valence-corrected chi connectivity index (χ2v) is 8.08. The molecule has 1 aliphatic carbocycles. The number of carbonyl (C=O) groups excluding carboxylic acids is 1. The van der Waals surface area contributed by atoms with Gasteiger partial charge in [0.25, 0.3) is 5.56 Å². The van der Waals surface area contributed by atoms with Gasteiger partial charge in [0.1, 0.15) is 6.54 Å². The molecule has 1 amide bonds. The second kappa shape index (κ2) is 8.73. The Morgan fingerprint density at radius 2 is 2.00 bits per heavy atom. The third-order valence-electron chi connectivity index (χ3n) is 4.59. The van der Waals surface area contributed by atoms with E-state index in [1.807, 2.05) is 5.32 Å². The van der Waals surface area contributed by atoms with Crippen LogP contribution in [0, 0.1) is 0 Å². The van der Waals surface area contributed by atoms with Gasteiger partial charge in [-0.05, 0) is 31.0 Å². The zero-order valence-corrected chi connectivity index (χ0v) is 16.5. The number of halogens is 4. The lowest BCUT2D eigenvalue weighted by atomic mass is 9.95. The fourth-order valence-electron chi connectivity index (χ4n) is 3.29. The Kier molecular flexibility index (Phi) is 6.54. The van der Waals surface area contributed by atoms with Crippen LogP contribution in [0.5, 0.6) is 0 Å². The van der Waals surface area contributed by atoms with E-state index in [4.69, 9.17) is 11.6 Å². The van der Waals surface area contributed by atoms with Crippen molar-refractivity contribution in [3.63, 3.8) is 0 Å². The third-order valence-corrected chi connectivity index (χ3v) is 5.78. The molecule has 152 valence electrons. The molecule has 1 N–H and O–H groups in total. The number of nitrogens with one attached hydrogen (secondary N) is 1. The number of rotatable bonds is 5. The van der Waals surface area contributed by atoms with Crippen LogP contribution in [-0.2, 0) is 4.79 Å². The molecule has 5 nitrogen and oxygen atoms in total. The number of carbonyl (C=O) groups is 1. The lowest BCUT2D eigenvalue weighted by Gasteiger charge is -2.26. The zero-order valence-electron chi connectivity index (χ0n) is 14.9. The monoisotopic (exact) mass is 433 g/mol. The maximum Gasteiger partial charge on any atom is 0.405 e. The van der Waals surface area contributed by atoms with Crippen LogP contribution in [0.1, 0.15) is 38.1 Å². The quantitative estimate of drug-likeness (QED) is 0.563. The fraction of sp³-hybridized carbons (Fsp3) is 0.500. The van der Waals surface area contributed by atoms with Crippen molar-refractivity contribution < 1.29 is 18.0 Å². The van der Waals surface area contributed by atoms with Gasteiger partial charge in [-0.15, -0.1) is 0 Å². The topological polar surface area (TPSA) is 64.0 Å². The Hall–Kier alpha value is -1.74. The number of nitrogens with zero attached hydrogens (tertiary/aromatic N) is 2. The molecule has 0 spiro atoms. The summed E-state index contributed by atoms with van der Waals surface area (Å²) in [5.74, 6) is -1.03. The van der Waals surface area contributed by atoms with Crippen molar-refractivity contribution in [3.8, 4) is 0 Å². The first-order valence-electron chi connectivity index (χ1n) is 8.92. The molecule has 0 bridgehead atoms. The number of aromatic nitrogens is 2. The molecule has 0 radical (unpaired) electrons. The average Bonchev–Trinajstić information content (AvgIpc) is 2.64. The lowest BCUT2D eigenvalue weighted by molar-refractivity contribution is -0.136. The molecule has 0 aliphatic heterocycles. The normalized spacial score (nSPS) is 15.7. The molecule has 1 fully saturated rings. The van der Waals surface area contributed by atoms with Crippen molar-refractivity contribution in [1.29, 1.82) is 0 Å². The number of fused-ring (bicyclic) bond motifs is 1. The molecule has 2 aromatic rings. The Morgan fingerprint density at radius 1 is 1.29 bits per heavy atom. The van der Waals surface area contributed by atoms with E-state index in [1.165, 1.54) is 0 Å². The average molecular weight is 434 g/mol. The Bertz CT molecular complexity index is 927. The van der Waals surface area contributed by atoms with Gasteiger partial charge < -0.3 is 5.32 Å². The molecule has 28 heavy (non-hydrogen) atoms. The van der Waals surface area contributed by atoms with Crippen molar-refractivity contribution in [2.45, 2.75) is 49.5 Å². The maximum absolute atomic E-state index is 13.1. The molecule has 1 saturated carbocycles. The summed E-state index contributed by atoms with van der Waals surface area (Å²) in [6.45, 7) is -1.39. The summed E-state index contributed by atoms with van der Waals surface area (Å²) in [6.07, 6.45) is 0.271. The smallest absolute Gasteiger partial charge is 0.346 e. The number of hydrogen-bond donors (Lipinski definition) is 1. The van der Waals surface area contributed by atoms with E-state index in [-0.39, 0.29) is 17.4 Å². The van der Waals surface area contributed by atoms with E-state index in [1.54, 1.807) is 22.8 Å². The van der Waals surface area contributed by atoms with E-state index in [9.17, 15) is 22.8 Å². The summed E-state index contributed by atoms with van der Waals surface area (Å²) in [5.41, 5.74) is 0.189. The maximum atomic E-state index is 13.1. The minimum absolute atomic E-state index is 0.0328. The number of amides is 1. The van der Waals surface area contributed by atoms with Crippen molar-refractivity contribution in [1.82, 2.24) is 14.9 Å². The van der Waals surface area contributed by atoms with Crippen LogP contribution in [0.4, 0.5) is 13.2 Å². The standard InChI is InChI=1S/C18H19ClF3N3O2S/c19-11-6-7-13-14(8-11)24-17(28-9-15(26)23-10-18(20,21)22)25(16(13)27)12-4-2-1-3-5-12/h6-8,12H,1-5,9-10H2,(H,23,26). The Balaban J connectivity index is 1.90. The molecule has 1 aromatic heterocycles. The van der Waals surface area contributed by atoms with Gasteiger partial charge in [-0.3, -0.25) is 14.2 Å². The minimum Gasteiger partial charge on any atom is -0.346 e. The van der Waals surface area contributed by atoms with Gasteiger partial charge in [-0.25, -0.2) is 4.98 Å². The summed E-state index contributed by atoms with van der Waals surface area (Å²) in [4.78, 5) is 29.4. The third kappa shape index (κ3) is 5.20. The highest BCUT2D eigenvalue weighted by Crippen LogP contribution is 2.31. The molecule has 0 atom stereocenters. The SMILES string of the molecule is O=C(CSc1nc2cc(Cl)ccc2c(=O)n1C1CCCCC1)NCC(F)(F)F. The predicted octanol–water partition coefficient (Wildman–Crippen LogP) is 4.33. The summed E-state index contributed by atoms with van der Waals surface area (Å²) in [7, 11) is 0. The molecule has 1 aliphatic rings. The highest BCUT2D eigenvalue weighted by Gasteiger charge is 2.28. The van der Waals surface area contributed by atoms with Gasteiger partial charge in [-0.2, -0.15) is 13.2 Å². The van der Waals surface area contributed by atoms with E-state index in [0.717, 1.165) is 43.9 Å². The molecule has 0 unspecified atom stereocenters. The summed E-state index contributed by atoms with van der Waals surface area (Å²) in [6, 6.07) is 4.78. The minimum atomic E-state index is -4.47. The van der Waals surface area contributed by atoms with Crippen molar-refractivity contribution >= 4 is 40.2 Å². The zero-order chi connectivity index (χ0) is 20.3. The van der Waals surface area contributed by atoms with Crippen LogP contribution in [0.15, 0.2) is 28.2 Å². The lowest BCUT2D eigenvalue weighted by Crippen LogP contribution is -2.35. The second-order valence-electron chi connectivity index (χ2n) is 6.70. The molecular weight excluding hydrogens is 415 g/mol. The van der Waals surface area contributed by atoms with E-state index < -0.39 is 18.6 Å². The summed E-state index contributed by atoms with van der Waals surface area (Å²) in [5, 5.41) is 3.02. The molecule has 0 saturated heterocycles. The molecule has 1 aromatic carbocycles. The highest BCUT2D eigenvalue weighted by molar-refractivity contribution is 7.99. The molecule has 3 rings (SSSR count). The van der Waals surface area contributed by atoms with Gasteiger partial charge in [-0.1, -0.05) is 42.6 Å². The predicted molar refractivity (Wildman–Crippen MR) is 103 cm³/mol. The first-order valence-corrected chi connectivity index (χ1v) is 10.3. The summed E-state index contributed by atoms with van der Waals surface area (Å²) < 4.78 is 38.4. The highest BCUT2D eigenvalue weighted by atomic mass is 35.5. The molecule has 1 heterocycles. The van der Waals surface area contributed by atoms with E-state index in [0.29, 0.717) is 21.1 Å². The largest absolute Gasteiger partial charge is 0.405 e. The van der Waals surface area contributed by atoms with Gasteiger partial charge >= 0.3 is 6.18 Å². The van der Waals surface area contributed by atoms with Crippen LogP contribution in [0.3, 0.4) is 0 Å². The van der Waals surface area contributed by atoms with Gasteiger partial charge in [0, 0.05) is 11.1 Å². The first-order chi connectivity index (χ1) is 13.2. The number of alkyl halides is 3. The van der Waals surface area contributed by atoms with Crippen LogP contribution < -0.4 is 10.9 Å². The van der Waals surface area contributed by atoms with Crippen LogP contribution >= 0.6 is 23.4 Å². The Labute approximate surface area is 168 Å². The van der Waals surface area contributed by atoms with E-state index >= 15 is 0 Å². The number of benzene rings is 1. The van der Waals surface area contributed by atoms with Gasteiger partial charge in [0.2, 0.25) is 5.91 Å². The van der Waals surface area contributed by atoms with Gasteiger partial charge in [0.15, 0.2) is 5.16 Å². The fourth-order valence-corrected chi connectivity index (χ4v) is 4.36. The van der Waals surface area contributed by atoms with E-state index in [2.05, 4.69) is 4.98 Å². The van der Waals surface area contributed by atoms with Crippen molar-refractivity contribution in [3.05, 3.63) is 33.6 Å². The summed E-state index contributed by atoms with van der Waals surface area (Å²) >= 11 is 6.96. The molecular formula is C18H19ClF3N3O2S. The Morgan fingerprint density at radius 3 is 2.68 bits per heavy atom. The van der Waals surface area contributed by atoms with Crippen LogP contribution in [0.2, 0.25) is 5.02 Å². The van der Waals surface area contributed by atoms with Crippen LogP contribution in [-0.4, -0.2) is 33.9 Å². The molecule has 10 heteroatoms. The van der Waals surface area contributed by atoms with Crippen LogP contribution in [0.25, 0.3) is 10.9 Å². The number of thioether (sulfide) groups is 1. The van der Waals surface area contributed by atoms with Crippen molar-refractivity contribution in [2.75, 3.05) is 12.3 Å². The number of hydrogen-bond acceptors (Lipinski definition) is 4.